The Kier molecular flexibility index (Phi) is 24.1. The Morgan fingerprint density at radius 3 is 2.04 bits per heavy atom. The van der Waals surface area contributed by atoms with E-state index in [9.17, 15) is 14.4 Å². The first kappa shape index (κ1) is 69.2. The molecular weight excluding hydrogens is 1210 g/mol. The molecule has 4 heterocycles. The lowest BCUT2D eigenvalue weighted by Gasteiger charge is -2.39. The number of aromatic nitrogens is 4. The number of nitrogens with zero attached hydrogens (tertiary/aromatic N) is 4. The Labute approximate surface area is 545 Å². The summed E-state index contributed by atoms with van der Waals surface area (Å²) in [7, 11) is 5.00. The van der Waals surface area contributed by atoms with Gasteiger partial charge < -0.3 is 42.8 Å². The van der Waals surface area contributed by atoms with Gasteiger partial charge in [0.1, 0.15) is 29.4 Å². The van der Waals surface area contributed by atoms with Crippen LogP contribution in [0.2, 0.25) is 0 Å². The van der Waals surface area contributed by atoms with Crippen molar-refractivity contribution in [1.29, 1.82) is 0 Å². The number of ether oxygens (including phenoxy) is 6. The highest BCUT2D eigenvalue weighted by molar-refractivity contribution is 8.77. The van der Waals surface area contributed by atoms with Crippen LogP contribution in [-0.2, 0) is 56.2 Å². The number of fused-ring (bicyclic) bond motifs is 1. The Bertz CT molecular complexity index is 3470. The quantitative estimate of drug-likeness (QED) is 0.0210. The number of nitrogens with one attached hydrogen (secondary N) is 3. The first-order valence-electron chi connectivity index (χ1n) is 31.6. The van der Waals surface area contributed by atoms with Gasteiger partial charge in [0.25, 0.3) is 14.1 Å². The minimum absolute atomic E-state index is 0.00439. The summed E-state index contributed by atoms with van der Waals surface area (Å²) in [5.74, 6) is 0.746. The van der Waals surface area contributed by atoms with Gasteiger partial charge in [-0.25, -0.2) is 9.65 Å². The number of benzene rings is 5. The van der Waals surface area contributed by atoms with Crippen LogP contribution in [0, 0.1) is 11.3 Å². The van der Waals surface area contributed by atoms with Gasteiger partial charge in [0.05, 0.1) is 53.1 Å². The smallest absolute Gasteiger partial charge is 0.280 e. The van der Waals surface area contributed by atoms with E-state index < -0.39 is 38.1 Å². The zero-order valence-corrected chi connectivity index (χ0v) is 57.1. The molecule has 0 radical (unpaired) electrons. The molecule has 91 heavy (non-hydrogen) atoms. The van der Waals surface area contributed by atoms with Gasteiger partial charge in [-0.3, -0.25) is 29.3 Å². The van der Waals surface area contributed by atoms with Crippen molar-refractivity contribution >= 4 is 59.0 Å². The summed E-state index contributed by atoms with van der Waals surface area (Å²) in [6, 6.07) is 42.4. The summed E-state index contributed by atoms with van der Waals surface area (Å²) in [5.41, 5.74) is 4.43. The second kappa shape index (κ2) is 31.6. The molecule has 488 valence electrons. The normalized spacial score (nSPS) is 17.5. The summed E-state index contributed by atoms with van der Waals surface area (Å²) < 4.78 is 56.5. The Morgan fingerprint density at radius 2 is 1.44 bits per heavy atom. The number of hydrogen-bond acceptors (Lipinski definition) is 16. The zero-order valence-electron chi connectivity index (χ0n) is 54.6. The van der Waals surface area contributed by atoms with Crippen molar-refractivity contribution in [2.75, 3.05) is 46.0 Å². The van der Waals surface area contributed by atoms with E-state index in [-0.39, 0.29) is 70.0 Å². The largest absolute Gasteiger partial charge is 0.497 e. The number of anilines is 1. The molecule has 2 amide bonds. The Hall–Kier alpha value is -6.16. The van der Waals surface area contributed by atoms with E-state index in [1.54, 1.807) is 60.5 Å². The third kappa shape index (κ3) is 17.2. The minimum Gasteiger partial charge on any atom is -0.497 e. The fraction of sp³-hybridized carbons (Fsp3) is 0.471. The van der Waals surface area contributed by atoms with Crippen LogP contribution >= 0.6 is 30.1 Å². The highest BCUT2D eigenvalue weighted by Crippen LogP contribution is 2.52. The highest BCUT2D eigenvalue weighted by Gasteiger charge is 2.46. The van der Waals surface area contributed by atoms with E-state index in [2.05, 4.69) is 117 Å². The molecule has 5 aromatic carbocycles. The minimum atomic E-state index is -1.76. The number of amides is 2. The third-order valence-electron chi connectivity index (χ3n) is 17.0. The van der Waals surface area contributed by atoms with Gasteiger partial charge in [-0.05, 0) is 125 Å². The monoisotopic (exact) mass is 1300 g/mol. The van der Waals surface area contributed by atoms with E-state index in [4.69, 9.17) is 42.5 Å². The summed E-state index contributed by atoms with van der Waals surface area (Å²) >= 11 is 0. The van der Waals surface area contributed by atoms with Crippen LogP contribution in [0.25, 0.3) is 11.2 Å². The van der Waals surface area contributed by atoms with E-state index in [1.165, 1.54) is 0 Å². The number of methoxy groups -OCH3 is 2. The molecule has 18 nitrogen and oxygen atoms in total. The molecule has 2 aromatic heterocycles. The van der Waals surface area contributed by atoms with Crippen LogP contribution in [0.4, 0.5) is 5.95 Å². The van der Waals surface area contributed by atoms with Crippen LogP contribution in [0.3, 0.4) is 0 Å². The summed E-state index contributed by atoms with van der Waals surface area (Å²) in [4.78, 5) is 52.7. The predicted molar refractivity (Wildman–Crippen MR) is 361 cm³/mol. The molecule has 3 N–H and O–H groups in total. The highest BCUT2D eigenvalue weighted by atomic mass is 33.1. The van der Waals surface area contributed by atoms with Crippen molar-refractivity contribution in [3.05, 3.63) is 177 Å². The number of imidazole rings is 1. The van der Waals surface area contributed by atoms with E-state index in [0.717, 1.165) is 51.1 Å². The molecule has 0 spiro atoms. The SMILES string of the molecule is CCC1(CC)COC(c2ccc(CNC(=O)CCC(C)(C)SSc3ccccc3CCOP(OC3CC(n4cnc5c(=O)[nH]c(NC(=O)C(C)C)nc54)OC3COC(c3ccccc3)(c3ccc(OC)cc3)c3ccc(OC)cc3)N(C(C)C)C(C)C)cc2)OC1. The molecule has 2 saturated heterocycles. The molecule has 0 saturated carbocycles. The number of rotatable bonds is 31. The van der Waals surface area contributed by atoms with E-state index >= 15 is 0 Å². The lowest BCUT2D eigenvalue weighted by atomic mass is 9.80. The molecule has 21 heteroatoms. The van der Waals surface area contributed by atoms with Gasteiger partial charge >= 0.3 is 0 Å². The van der Waals surface area contributed by atoms with Gasteiger partial charge in [0, 0.05) is 58.0 Å². The van der Waals surface area contributed by atoms with Crippen LogP contribution in [0.1, 0.15) is 147 Å². The van der Waals surface area contributed by atoms with E-state index in [0.29, 0.717) is 63.5 Å². The average Bonchev–Trinajstić information content (AvgIpc) is 1.72. The summed E-state index contributed by atoms with van der Waals surface area (Å²) in [6.07, 6.45) is 3.11. The van der Waals surface area contributed by atoms with Crippen molar-refractivity contribution in [1.82, 2.24) is 29.5 Å². The van der Waals surface area contributed by atoms with E-state index in [1.807, 2.05) is 91.0 Å². The topological polar surface area (TPSA) is 199 Å². The molecule has 7 aromatic rings. The molecule has 0 bridgehead atoms. The first-order valence-corrected chi connectivity index (χ1v) is 34.9. The second-order valence-corrected chi connectivity index (χ2v) is 29.1. The van der Waals surface area contributed by atoms with Gasteiger partial charge in [-0.15, -0.1) is 0 Å². The molecule has 0 aliphatic carbocycles. The fourth-order valence-corrected chi connectivity index (χ4v) is 15.6. The molecule has 2 aliphatic heterocycles. The average molecular weight is 1300 g/mol. The first-order chi connectivity index (χ1) is 43.8. The second-order valence-electron chi connectivity index (χ2n) is 24.8. The number of hydrogen-bond donors (Lipinski definition) is 3. The van der Waals surface area contributed by atoms with Gasteiger partial charge in [-0.2, -0.15) is 4.98 Å². The van der Waals surface area contributed by atoms with Crippen LogP contribution in [0.5, 0.6) is 11.5 Å². The summed E-state index contributed by atoms with van der Waals surface area (Å²) in [5, 5.41) is 5.87. The standard InChI is InChI=1S/C70H90N7O11PS2/c1-13-69(14-2)43-83-66(84-44-69)51-26-24-49(25-27-51)41-71-60(78)36-38-68(9,10)91-90-59-23-19-18-20-50(59)37-39-86-89(77(47(5)6)48(7)8)88-57-40-61(76-45-72-62-63(76)73-67(75-65(62)80)74-64(79)46(3)4)87-58(57)42-85-70(52-21-16-15-17-22-52,53-28-32-55(81-11)33-29-53)54-30-34-56(82-12)35-31-54/h15-35,45-48,57-58,61,66H,13-14,36-44H2,1-12H3,(H,71,78)(H2,73,74,75,79,80). The maximum absolute atomic E-state index is 13.6. The molecule has 2 fully saturated rings. The van der Waals surface area contributed by atoms with Crippen molar-refractivity contribution in [3.63, 3.8) is 0 Å². The van der Waals surface area contributed by atoms with Crippen LogP contribution in [0.15, 0.2) is 143 Å². The van der Waals surface area contributed by atoms with Crippen LogP contribution in [-0.4, -0.2) is 106 Å². The van der Waals surface area contributed by atoms with Gasteiger partial charge in [0.15, 0.2) is 17.5 Å². The van der Waals surface area contributed by atoms with Gasteiger partial charge in [0.2, 0.25) is 17.8 Å². The number of aromatic amines is 1. The molecular formula is C70H90N7O11PS2. The lowest BCUT2D eigenvalue weighted by Crippen LogP contribution is -2.39. The van der Waals surface area contributed by atoms with Gasteiger partial charge in [-0.1, -0.05) is 146 Å². The molecule has 4 atom stereocenters. The molecule has 2 aliphatic rings. The zero-order chi connectivity index (χ0) is 64.9. The Balaban J connectivity index is 0.920. The van der Waals surface area contributed by atoms with Crippen molar-refractivity contribution in [2.45, 2.75) is 166 Å². The number of carbonyl (C=O) groups excluding carboxylic acids is 2. The van der Waals surface area contributed by atoms with Crippen molar-refractivity contribution in [2.24, 2.45) is 11.3 Å². The maximum Gasteiger partial charge on any atom is 0.280 e. The lowest BCUT2D eigenvalue weighted by molar-refractivity contribution is -0.235. The maximum atomic E-state index is 13.6. The van der Waals surface area contributed by atoms with Crippen molar-refractivity contribution < 1.29 is 47.1 Å². The van der Waals surface area contributed by atoms with Crippen molar-refractivity contribution in [3.8, 4) is 11.5 Å². The summed E-state index contributed by atoms with van der Waals surface area (Å²) in [6.45, 7) is 23.0. The number of carbonyl (C=O) groups is 2. The number of H-pyrrole nitrogens is 1. The predicted octanol–water partition coefficient (Wildman–Crippen LogP) is 14.5. The molecule has 9 rings (SSSR count). The third-order valence-corrected chi connectivity index (χ3v) is 22.6. The Morgan fingerprint density at radius 1 is 0.824 bits per heavy atom. The fourth-order valence-electron chi connectivity index (χ4n) is 11.3. The van der Waals surface area contributed by atoms with Crippen LogP contribution < -0.4 is 25.7 Å². The molecule has 4 unspecified atom stereocenters.